The fourth-order valence-corrected chi connectivity index (χ4v) is 3.73. The highest BCUT2D eigenvalue weighted by molar-refractivity contribution is 14.0. The molecule has 1 aromatic heterocycles. The molecule has 0 amide bonds. The number of rotatable bonds is 6. The zero-order valence-corrected chi connectivity index (χ0v) is 18.0. The van der Waals surface area contributed by atoms with E-state index in [2.05, 4.69) is 48.7 Å². The van der Waals surface area contributed by atoms with E-state index in [-0.39, 0.29) is 24.0 Å². The van der Waals surface area contributed by atoms with Crippen molar-refractivity contribution >= 4 is 41.3 Å². The van der Waals surface area contributed by atoms with Crippen molar-refractivity contribution in [2.75, 3.05) is 13.1 Å². The van der Waals surface area contributed by atoms with Gasteiger partial charge in [0.1, 0.15) is 5.01 Å². The van der Waals surface area contributed by atoms with Gasteiger partial charge in [-0.1, -0.05) is 33.6 Å². The molecule has 4 nitrogen and oxygen atoms in total. The summed E-state index contributed by atoms with van der Waals surface area (Å²) in [6.45, 7) is 11.4. The highest BCUT2D eigenvalue weighted by atomic mass is 127. The van der Waals surface area contributed by atoms with Crippen molar-refractivity contribution in [2.45, 2.75) is 65.8 Å². The van der Waals surface area contributed by atoms with Crippen LogP contribution < -0.4 is 10.6 Å². The first kappa shape index (κ1) is 20.7. The van der Waals surface area contributed by atoms with Crippen LogP contribution >= 0.6 is 35.3 Å². The quantitative estimate of drug-likeness (QED) is 0.381. The van der Waals surface area contributed by atoms with E-state index in [0.29, 0.717) is 17.9 Å². The lowest BCUT2D eigenvalue weighted by molar-refractivity contribution is 0.334. The van der Waals surface area contributed by atoms with E-state index in [1.54, 1.807) is 11.3 Å². The summed E-state index contributed by atoms with van der Waals surface area (Å²) in [5.74, 6) is 1.40. The van der Waals surface area contributed by atoms with Gasteiger partial charge in [0.05, 0.1) is 12.2 Å². The van der Waals surface area contributed by atoms with E-state index in [9.17, 15) is 0 Å². The third-order valence-corrected chi connectivity index (χ3v) is 5.22. The van der Waals surface area contributed by atoms with Crippen LogP contribution in [0.1, 0.15) is 70.0 Å². The van der Waals surface area contributed by atoms with E-state index in [0.717, 1.165) is 24.1 Å². The normalized spacial score (nSPS) is 17.2. The van der Waals surface area contributed by atoms with Gasteiger partial charge in [-0.05, 0) is 31.1 Å². The maximum absolute atomic E-state index is 4.69. The molecule has 0 aliphatic heterocycles. The zero-order chi connectivity index (χ0) is 16.0. The minimum Gasteiger partial charge on any atom is -0.357 e. The Morgan fingerprint density at radius 3 is 2.61 bits per heavy atom. The summed E-state index contributed by atoms with van der Waals surface area (Å²) in [5, 5.41) is 10.1. The first-order chi connectivity index (χ1) is 10.5. The van der Waals surface area contributed by atoms with E-state index in [1.165, 1.54) is 31.4 Å². The number of aromatic nitrogens is 1. The number of nitrogens with one attached hydrogen (secondary N) is 2. The van der Waals surface area contributed by atoms with Crippen LogP contribution in [0.25, 0.3) is 0 Å². The molecule has 0 saturated heterocycles. The first-order valence-electron chi connectivity index (χ1n) is 8.49. The second kappa shape index (κ2) is 9.81. The van der Waals surface area contributed by atoms with E-state index in [1.807, 2.05) is 0 Å². The monoisotopic (exact) mass is 450 g/mol. The van der Waals surface area contributed by atoms with Gasteiger partial charge in [-0.3, -0.25) is 0 Å². The van der Waals surface area contributed by atoms with Crippen LogP contribution in [0.2, 0.25) is 0 Å². The topological polar surface area (TPSA) is 49.3 Å². The van der Waals surface area contributed by atoms with Crippen molar-refractivity contribution in [1.82, 2.24) is 15.6 Å². The minimum absolute atomic E-state index is 0. The SMILES string of the molecule is CCNC(=NCc1nc(C(C)C)cs1)NCC1(C)CCCC1.I. The van der Waals surface area contributed by atoms with Gasteiger partial charge in [-0.2, -0.15) is 0 Å². The van der Waals surface area contributed by atoms with Crippen molar-refractivity contribution in [1.29, 1.82) is 0 Å². The van der Waals surface area contributed by atoms with Crippen LogP contribution in [-0.2, 0) is 6.54 Å². The lowest BCUT2D eigenvalue weighted by atomic mass is 9.89. The molecule has 23 heavy (non-hydrogen) atoms. The van der Waals surface area contributed by atoms with Gasteiger partial charge in [-0.15, -0.1) is 35.3 Å². The Balaban J connectivity index is 0.00000264. The summed E-state index contributed by atoms with van der Waals surface area (Å²) in [6.07, 6.45) is 5.37. The van der Waals surface area contributed by atoms with Crippen molar-refractivity contribution in [3.63, 3.8) is 0 Å². The molecule has 1 aliphatic rings. The molecule has 2 N–H and O–H groups in total. The molecule has 0 atom stereocenters. The molecule has 0 bridgehead atoms. The standard InChI is InChI=1S/C17H30N4S.HI/c1-5-18-16(20-12-17(4)8-6-7-9-17)19-10-15-21-14(11-22-15)13(2)3;/h11,13H,5-10,12H2,1-4H3,(H2,18,19,20);1H. The van der Waals surface area contributed by atoms with Gasteiger partial charge in [-0.25, -0.2) is 9.98 Å². The number of guanidine groups is 1. The highest BCUT2D eigenvalue weighted by Crippen LogP contribution is 2.36. The lowest BCUT2D eigenvalue weighted by Gasteiger charge is -2.25. The maximum atomic E-state index is 4.69. The number of nitrogens with zero attached hydrogens (tertiary/aromatic N) is 2. The van der Waals surface area contributed by atoms with Gasteiger partial charge in [0, 0.05) is 18.5 Å². The minimum atomic E-state index is 0. The van der Waals surface area contributed by atoms with Gasteiger partial charge < -0.3 is 10.6 Å². The number of hydrogen-bond donors (Lipinski definition) is 2. The van der Waals surface area contributed by atoms with Crippen molar-refractivity contribution in [3.05, 3.63) is 16.1 Å². The van der Waals surface area contributed by atoms with Gasteiger partial charge in [0.15, 0.2) is 5.96 Å². The first-order valence-corrected chi connectivity index (χ1v) is 9.37. The lowest BCUT2D eigenvalue weighted by Crippen LogP contribution is -2.42. The Bertz CT molecular complexity index is 493. The molecule has 1 heterocycles. The van der Waals surface area contributed by atoms with Crippen LogP contribution in [0.5, 0.6) is 0 Å². The molecule has 0 radical (unpaired) electrons. The van der Waals surface area contributed by atoms with Crippen molar-refractivity contribution < 1.29 is 0 Å². The summed E-state index contributed by atoms with van der Waals surface area (Å²) in [5.41, 5.74) is 1.61. The largest absolute Gasteiger partial charge is 0.357 e. The summed E-state index contributed by atoms with van der Waals surface area (Å²) in [4.78, 5) is 9.34. The Hall–Kier alpha value is -0.370. The molecule has 2 rings (SSSR count). The maximum Gasteiger partial charge on any atom is 0.191 e. The van der Waals surface area contributed by atoms with Crippen LogP contribution in [0, 0.1) is 5.41 Å². The van der Waals surface area contributed by atoms with Gasteiger partial charge in [0.2, 0.25) is 0 Å². The average molecular weight is 450 g/mol. The Labute approximate surface area is 162 Å². The van der Waals surface area contributed by atoms with Gasteiger partial charge in [0.25, 0.3) is 0 Å². The Morgan fingerprint density at radius 2 is 2.04 bits per heavy atom. The smallest absolute Gasteiger partial charge is 0.191 e. The highest BCUT2D eigenvalue weighted by Gasteiger charge is 2.28. The number of thiazole rings is 1. The van der Waals surface area contributed by atoms with E-state index >= 15 is 0 Å². The van der Waals surface area contributed by atoms with Crippen molar-refractivity contribution in [2.24, 2.45) is 10.4 Å². The number of hydrogen-bond acceptors (Lipinski definition) is 3. The molecule has 1 saturated carbocycles. The average Bonchev–Trinajstić information content (AvgIpc) is 3.11. The fraction of sp³-hybridized carbons (Fsp3) is 0.765. The Morgan fingerprint density at radius 1 is 1.35 bits per heavy atom. The molecule has 0 spiro atoms. The predicted molar refractivity (Wildman–Crippen MR) is 111 cm³/mol. The molecule has 1 aliphatic carbocycles. The summed E-state index contributed by atoms with van der Waals surface area (Å²) in [6, 6.07) is 0. The van der Waals surface area contributed by atoms with Gasteiger partial charge >= 0.3 is 0 Å². The molecule has 132 valence electrons. The van der Waals surface area contributed by atoms with Crippen LogP contribution in [0.4, 0.5) is 0 Å². The Kier molecular flexibility index (Phi) is 8.82. The third-order valence-electron chi connectivity index (χ3n) is 4.37. The molecule has 0 aromatic carbocycles. The molecular weight excluding hydrogens is 419 g/mol. The summed E-state index contributed by atoms with van der Waals surface area (Å²) in [7, 11) is 0. The van der Waals surface area contributed by atoms with E-state index < -0.39 is 0 Å². The predicted octanol–water partition coefficient (Wildman–Crippen LogP) is 4.52. The zero-order valence-electron chi connectivity index (χ0n) is 14.8. The molecule has 1 fully saturated rings. The summed E-state index contributed by atoms with van der Waals surface area (Å²) >= 11 is 1.71. The molecule has 0 unspecified atom stereocenters. The number of halogens is 1. The number of aliphatic imine (C=N–C) groups is 1. The van der Waals surface area contributed by atoms with Crippen LogP contribution in [-0.4, -0.2) is 24.0 Å². The molecule has 6 heteroatoms. The third kappa shape index (κ3) is 6.57. The molecular formula is C17H31IN4S. The molecule has 1 aromatic rings. The fourth-order valence-electron chi connectivity index (χ4n) is 2.85. The van der Waals surface area contributed by atoms with Crippen LogP contribution in [0.15, 0.2) is 10.4 Å². The van der Waals surface area contributed by atoms with E-state index in [4.69, 9.17) is 4.99 Å². The summed E-state index contributed by atoms with van der Waals surface area (Å²) < 4.78 is 0. The van der Waals surface area contributed by atoms with Crippen molar-refractivity contribution in [3.8, 4) is 0 Å². The second-order valence-corrected chi connectivity index (χ2v) is 7.83. The second-order valence-electron chi connectivity index (χ2n) is 6.89. The van der Waals surface area contributed by atoms with Crippen LogP contribution in [0.3, 0.4) is 0 Å².